The number of carboxylic acids is 1. The van der Waals surface area contributed by atoms with E-state index in [1.807, 2.05) is 42.5 Å². The van der Waals surface area contributed by atoms with Crippen molar-refractivity contribution in [2.45, 2.75) is 0 Å². The van der Waals surface area contributed by atoms with Gasteiger partial charge in [-0.2, -0.15) is 0 Å². The number of fused-ring (bicyclic) bond motifs is 1. The first-order valence-corrected chi connectivity index (χ1v) is 8.13. The topological polar surface area (TPSA) is 53.4 Å². The minimum absolute atomic E-state index is 0.275. The molecule has 120 valence electrons. The van der Waals surface area contributed by atoms with Crippen LogP contribution in [0.2, 0.25) is 5.02 Å². The zero-order valence-corrected chi connectivity index (χ0v) is 13.6. The summed E-state index contributed by atoms with van der Waals surface area (Å²) in [5.41, 5.74) is 2.90. The third-order valence-electron chi connectivity index (χ3n) is 4.46. The molecule has 0 atom stereocenters. The van der Waals surface area contributed by atoms with Crippen molar-refractivity contribution in [3.8, 4) is 11.3 Å². The van der Waals surface area contributed by atoms with Gasteiger partial charge in [-0.25, -0.2) is 0 Å². The Morgan fingerprint density at radius 2 is 1.88 bits per heavy atom. The van der Waals surface area contributed by atoms with Gasteiger partial charge in [-0.05, 0) is 12.1 Å². The van der Waals surface area contributed by atoms with E-state index in [0.717, 1.165) is 27.7 Å². The van der Waals surface area contributed by atoms with Gasteiger partial charge < -0.3 is 10.0 Å². The van der Waals surface area contributed by atoms with Gasteiger partial charge in [0.05, 0.1) is 16.6 Å². The Kier molecular flexibility index (Phi) is 3.62. The molecule has 1 N–H and O–H groups in total. The van der Waals surface area contributed by atoms with E-state index in [-0.39, 0.29) is 5.92 Å². The SMILES string of the molecule is O=C(O)C1CN(c2cccc(-c3ncc(Cl)c4ccccc34)c2)C1. The number of anilines is 1. The van der Waals surface area contributed by atoms with Gasteiger partial charge >= 0.3 is 5.97 Å². The summed E-state index contributed by atoms with van der Waals surface area (Å²) in [4.78, 5) is 17.6. The van der Waals surface area contributed by atoms with Gasteiger partial charge in [0, 0.05) is 41.3 Å². The van der Waals surface area contributed by atoms with E-state index < -0.39 is 5.97 Å². The molecule has 1 fully saturated rings. The molecule has 1 aliphatic heterocycles. The van der Waals surface area contributed by atoms with Crippen molar-refractivity contribution in [1.29, 1.82) is 0 Å². The third kappa shape index (κ3) is 2.49. The summed E-state index contributed by atoms with van der Waals surface area (Å²) >= 11 is 6.25. The van der Waals surface area contributed by atoms with E-state index in [4.69, 9.17) is 16.7 Å². The van der Waals surface area contributed by atoms with E-state index in [0.29, 0.717) is 18.1 Å². The summed E-state index contributed by atoms with van der Waals surface area (Å²) in [6.07, 6.45) is 1.68. The number of nitrogens with zero attached hydrogens (tertiary/aromatic N) is 2. The summed E-state index contributed by atoms with van der Waals surface area (Å²) in [5, 5.41) is 11.6. The number of rotatable bonds is 3. The lowest BCUT2D eigenvalue weighted by molar-refractivity contribution is -0.142. The van der Waals surface area contributed by atoms with Crippen LogP contribution in [0.15, 0.2) is 54.7 Å². The molecule has 3 aromatic rings. The van der Waals surface area contributed by atoms with Crippen LogP contribution in [0.5, 0.6) is 0 Å². The molecule has 0 saturated carbocycles. The number of carboxylic acid groups (broad SMARTS) is 1. The van der Waals surface area contributed by atoms with Crippen molar-refractivity contribution in [2.24, 2.45) is 5.92 Å². The molecule has 0 radical (unpaired) electrons. The van der Waals surface area contributed by atoms with Crippen molar-refractivity contribution in [3.05, 3.63) is 59.8 Å². The molecule has 0 bridgehead atoms. The number of carbonyl (C=O) groups is 1. The van der Waals surface area contributed by atoms with Gasteiger partial charge in [0.15, 0.2) is 0 Å². The molecule has 1 aromatic heterocycles. The van der Waals surface area contributed by atoms with Crippen LogP contribution in [0, 0.1) is 5.92 Å². The predicted octanol–water partition coefficient (Wildman–Crippen LogP) is 4.08. The predicted molar refractivity (Wildman–Crippen MR) is 95.5 cm³/mol. The van der Waals surface area contributed by atoms with Crippen LogP contribution in [-0.4, -0.2) is 29.1 Å². The van der Waals surface area contributed by atoms with E-state index in [9.17, 15) is 4.79 Å². The van der Waals surface area contributed by atoms with E-state index in [1.54, 1.807) is 6.20 Å². The number of hydrogen-bond acceptors (Lipinski definition) is 3. The fourth-order valence-electron chi connectivity index (χ4n) is 3.08. The number of pyridine rings is 1. The van der Waals surface area contributed by atoms with Gasteiger partial charge in [-0.1, -0.05) is 48.0 Å². The number of aromatic nitrogens is 1. The van der Waals surface area contributed by atoms with Crippen molar-refractivity contribution in [1.82, 2.24) is 4.98 Å². The Bertz CT molecular complexity index is 936. The molecular formula is C19H15ClN2O2. The third-order valence-corrected chi connectivity index (χ3v) is 4.76. The van der Waals surface area contributed by atoms with Crippen LogP contribution < -0.4 is 4.90 Å². The van der Waals surface area contributed by atoms with E-state index in [2.05, 4.69) is 16.0 Å². The van der Waals surface area contributed by atoms with Crippen molar-refractivity contribution < 1.29 is 9.90 Å². The summed E-state index contributed by atoms with van der Waals surface area (Å²) in [5.74, 6) is -1.00. The highest BCUT2D eigenvalue weighted by molar-refractivity contribution is 6.35. The van der Waals surface area contributed by atoms with E-state index in [1.165, 1.54) is 0 Å². The Balaban J connectivity index is 1.72. The molecule has 0 amide bonds. The molecule has 5 heteroatoms. The standard InChI is InChI=1S/C19H15ClN2O2/c20-17-9-21-18(16-7-2-1-6-15(16)17)12-4-3-5-14(8-12)22-10-13(11-22)19(23)24/h1-9,13H,10-11H2,(H,23,24). The van der Waals surface area contributed by atoms with E-state index >= 15 is 0 Å². The molecule has 2 heterocycles. The van der Waals surface area contributed by atoms with Crippen LogP contribution in [0.25, 0.3) is 22.0 Å². The molecule has 4 rings (SSSR count). The first kappa shape index (κ1) is 15.0. The number of benzene rings is 2. The highest BCUT2D eigenvalue weighted by Gasteiger charge is 2.32. The molecule has 0 spiro atoms. The average molecular weight is 339 g/mol. The molecule has 24 heavy (non-hydrogen) atoms. The van der Waals surface area contributed by atoms with Crippen LogP contribution in [0.1, 0.15) is 0 Å². The molecular weight excluding hydrogens is 324 g/mol. The molecule has 2 aromatic carbocycles. The number of halogens is 1. The monoisotopic (exact) mass is 338 g/mol. The summed E-state index contributed by atoms with van der Waals surface area (Å²) in [6, 6.07) is 16.0. The second-order valence-electron chi connectivity index (χ2n) is 5.99. The average Bonchev–Trinajstić information content (AvgIpc) is 2.54. The fraction of sp³-hybridized carbons (Fsp3) is 0.158. The minimum atomic E-state index is -0.729. The Labute approximate surface area is 144 Å². The van der Waals surface area contributed by atoms with Crippen LogP contribution in [-0.2, 0) is 4.79 Å². The van der Waals surface area contributed by atoms with Crippen LogP contribution in [0.4, 0.5) is 5.69 Å². The second-order valence-corrected chi connectivity index (χ2v) is 6.40. The van der Waals surface area contributed by atoms with Crippen molar-refractivity contribution in [3.63, 3.8) is 0 Å². The van der Waals surface area contributed by atoms with Crippen LogP contribution >= 0.6 is 11.6 Å². The lowest BCUT2D eigenvalue weighted by Gasteiger charge is -2.38. The maximum absolute atomic E-state index is 11.0. The van der Waals surface area contributed by atoms with Crippen molar-refractivity contribution in [2.75, 3.05) is 18.0 Å². The van der Waals surface area contributed by atoms with Gasteiger partial charge in [0.2, 0.25) is 0 Å². The molecule has 1 aliphatic rings. The Morgan fingerprint density at radius 3 is 2.62 bits per heavy atom. The quantitative estimate of drug-likeness (QED) is 0.782. The summed E-state index contributed by atoms with van der Waals surface area (Å²) in [7, 11) is 0. The first-order chi connectivity index (χ1) is 11.6. The fourth-order valence-corrected chi connectivity index (χ4v) is 3.30. The molecule has 1 saturated heterocycles. The van der Waals surface area contributed by atoms with Crippen molar-refractivity contribution >= 4 is 34.0 Å². The lowest BCUT2D eigenvalue weighted by Crippen LogP contribution is -2.50. The maximum Gasteiger partial charge on any atom is 0.310 e. The zero-order valence-electron chi connectivity index (χ0n) is 12.8. The Morgan fingerprint density at radius 1 is 1.12 bits per heavy atom. The largest absolute Gasteiger partial charge is 0.481 e. The smallest absolute Gasteiger partial charge is 0.310 e. The molecule has 0 unspecified atom stereocenters. The van der Waals surface area contributed by atoms with Crippen LogP contribution in [0.3, 0.4) is 0 Å². The highest BCUT2D eigenvalue weighted by atomic mass is 35.5. The molecule has 4 nitrogen and oxygen atoms in total. The van der Waals surface area contributed by atoms with Gasteiger partial charge in [-0.15, -0.1) is 0 Å². The first-order valence-electron chi connectivity index (χ1n) is 7.75. The Hall–Kier alpha value is -2.59. The number of hydrogen-bond donors (Lipinski definition) is 1. The lowest BCUT2D eigenvalue weighted by atomic mass is 9.98. The normalized spacial score (nSPS) is 14.6. The highest BCUT2D eigenvalue weighted by Crippen LogP contribution is 2.33. The van der Waals surface area contributed by atoms with Gasteiger partial charge in [0.1, 0.15) is 0 Å². The van der Waals surface area contributed by atoms with Gasteiger partial charge in [0.25, 0.3) is 0 Å². The maximum atomic E-state index is 11.0. The number of aliphatic carboxylic acids is 1. The zero-order chi connectivity index (χ0) is 16.7. The van der Waals surface area contributed by atoms with Gasteiger partial charge in [-0.3, -0.25) is 9.78 Å². The summed E-state index contributed by atoms with van der Waals surface area (Å²) in [6.45, 7) is 1.10. The minimum Gasteiger partial charge on any atom is -0.481 e. The molecule has 0 aliphatic carbocycles. The second kappa shape index (κ2) is 5.80. The summed E-state index contributed by atoms with van der Waals surface area (Å²) < 4.78 is 0.